The third-order valence-electron chi connectivity index (χ3n) is 5.84. The van der Waals surface area contributed by atoms with E-state index in [2.05, 4.69) is 50.2 Å². The number of fused-ring (bicyclic) bond motifs is 2. The fourth-order valence-electron chi connectivity index (χ4n) is 3.71. The van der Waals surface area contributed by atoms with Gasteiger partial charge in [0.25, 0.3) is 0 Å². The molecule has 5 rings (SSSR count). The first-order chi connectivity index (χ1) is 14.1. The Morgan fingerprint density at radius 3 is 2.86 bits per heavy atom. The Bertz CT molecular complexity index is 1160. The molecule has 0 bridgehead atoms. The molecule has 4 aromatic rings. The molecule has 29 heavy (non-hydrogen) atoms. The first-order valence-electron chi connectivity index (χ1n) is 9.81. The SMILES string of the molecule is CC1(CN)CCN(c2cnc3c(Sc4ccc5cnccc5c4)n[nH]c3n2)CC1. The van der Waals surface area contributed by atoms with Gasteiger partial charge in [-0.2, -0.15) is 5.10 Å². The summed E-state index contributed by atoms with van der Waals surface area (Å²) >= 11 is 1.59. The van der Waals surface area contributed by atoms with E-state index in [1.54, 1.807) is 11.8 Å². The molecule has 0 radical (unpaired) electrons. The van der Waals surface area contributed by atoms with Gasteiger partial charge in [-0.1, -0.05) is 24.8 Å². The number of aromatic amines is 1. The van der Waals surface area contributed by atoms with E-state index in [1.807, 2.05) is 24.7 Å². The molecule has 1 aromatic carbocycles. The summed E-state index contributed by atoms with van der Waals surface area (Å²) in [6.07, 6.45) is 7.69. The summed E-state index contributed by atoms with van der Waals surface area (Å²) in [6.45, 7) is 4.91. The number of rotatable bonds is 4. The summed E-state index contributed by atoms with van der Waals surface area (Å²) in [5.41, 5.74) is 7.69. The number of pyridine rings is 1. The Hall–Kier alpha value is -2.71. The van der Waals surface area contributed by atoms with Crippen molar-refractivity contribution in [2.24, 2.45) is 11.1 Å². The summed E-state index contributed by atoms with van der Waals surface area (Å²) in [7, 11) is 0. The summed E-state index contributed by atoms with van der Waals surface area (Å²) in [5, 5.41) is 10.6. The van der Waals surface area contributed by atoms with E-state index in [0.717, 1.165) is 70.2 Å². The third-order valence-corrected chi connectivity index (χ3v) is 6.81. The molecule has 3 N–H and O–H groups in total. The second-order valence-electron chi connectivity index (χ2n) is 7.94. The van der Waals surface area contributed by atoms with Crippen molar-refractivity contribution in [2.75, 3.05) is 24.5 Å². The molecule has 1 aliphatic heterocycles. The third kappa shape index (κ3) is 3.54. The summed E-state index contributed by atoms with van der Waals surface area (Å²) in [4.78, 5) is 17.0. The number of nitrogens with two attached hydrogens (primary N) is 1. The van der Waals surface area contributed by atoms with Crippen molar-refractivity contribution in [1.29, 1.82) is 0 Å². The molecule has 1 saturated heterocycles. The van der Waals surface area contributed by atoms with Crippen LogP contribution in [0.3, 0.4) is 0 Å². The van der Waals surface area contributed by atoms with Crippen molar-refractivity contribution in [3.05, 3.63) is 42.9 Å². The van der Waals surface area contributed by atoms with Crippen molar-refractivity contribution >= 4 is 39.5 Å². The number of H-pyrrole nitrogens is 1. The molecular formula is C21H23N7S. The van der Waals surface area contributed by atoms with Crippen LogP contribution in [0.5, 0.6) is 0 Å². The molecular weight excluding hydrogens is 382 g/mol. The maximum absolute atomic E-state index is 5.93. The van der Waals surface area contributed by atoms with Crippen LogP contribution < -0.4 is 10.6 Å². The van der Waals surface area contributed by atoms with Gasteiger partial charge in [0, 0.05) is 35.8 Å². The van der Waals surface area contributed by atoms with Gasteiger partial charge in [0.2, 0.25) is 0 Å². The highest BCUT2D eigenvalue weighted by molar-refractivity contribution is 7.99. The predicted molar refractivity (Wildman–Crippen MR) is 116 cm³/mol. The van der Waals surface area contributed by atoms with Gasteiger partial charge in [-0.25, -0.2) is 9.97 Å². The molecule has 0 aliphatic carbocycles. The smallest absolute Gasteiger partial charge is 0.177 e. The van der Waals surface area contributed by atoms with Gasteiger partial charge in [0.05, 0.1) is 6.20 Å². The molecule has 7 nitrogen and oxygen atoms in total. The molecule has 0 atom stereocenters. The van der Waals surface area contributed by atoms with Crippen LogP contribution in [0.4, 0.5) is 5.82 Å². The number of hydrogen-bond acceptors (Lipinski definition) is 7. The van der Waals surface area contributed by atoms with Gasteiger partial charge >= 0.3 is 0 Å². The van der Waals surface area contributed by atoms with Crippen LogP contribution in [0, 0.1) is 5.41 Å². The Kier molecular flexibility index (Phi) is 4.60. The average Bonchev–Trinajstić information content (AvgIpc) is 3.16. The Morgan fingerprint density at radius 2 is 2.03 bits per heavy atom. The van der Waals surface area contributed by atoms with Gasteiger partial charge in [0.15, 0.2) is 10.7 Å². The number of benzene rings is 1. The lowest BCUT2D eigenvalue weighted by molar-refractivity contribution is 0.258. The van der Waals surface area contributed by atoms with Crippen molar-refractivity contribution in [1.82, 2.24) is 25.1 Å². The van der Waals surface area contributed by atoms with Gasteiger partial charge in [0.1, 0.15) is 11.3 Å². The lowest BCUT2D eigenvalue weighted by atomic mass is 9.80. The van der Waals surface area contributed by atoms with E-state index in [0.29, 0.717) is 0 Å². The fraction of sp³-hybridized carbons (Fsp3) is 0.333. The fourth-order valence-corrected chi connectivity index (χ4v) is 4.59. The zero-order valence-electron chi connectivity index (χ0n) is 16.3. The number of anilines is 1. The van der Waals surface area contributed by atoms with Crippen molar-refractivity contribution in [2.45, 2.75) is 29.7 Å². The monoisotopic (exact) mass is 405 g/mol. The largest absolute Gasteiger partial charge is 0.355 e. The number of nitrogens with zero attached hydrogens (tertiary/aromatic N) is 5. The van der Waals surface area contributed by atoms with Gasteiger partial charge < -0.3 is 10.6 Å². The van der Waals surface area contributed by atoms with Crippen LogP contribution in [0.15, 0.2) is 52.8 Å². The topological polar surface area (TPSA) is 96.6 Å². The van der Waals surface area contributed by atoms with Crippen LogP contribution >= 0.6 is 11.8 Å². The Labute approximate surface area is 173 Å². The van der Waals surface area contributed by atoms with E-state index in [9.17, 15) is 0 Å². The number of aromatic nitrogens is 5. The van der Waals surface area contributed by atoms with Crippen molar-refractivity contribution in [3.8, 4) is 0 Å². The molecule has 8 heteroatoms. The molecule has 4 heterocycles. The first kappa shape index (κ1) is 18.3. The molecule has 148 valence electrons. The summed E-state index contributed by atoms with van der Waals surface area (Å²) < 4.78 is 0. The lowest BCUT2D eigenvalue weighted by Gasteiger charge is -2.39. The van der Waals surface area contributed by atoms with E-state index in [4.69, 9.17) is 10.7 Å². The summed E-state index contributed by atoms with van der Waals surface area (Å²) in [6, 6.07) is 8.32. The van der Waals surface area contributed by atoms with Crippen molar-refractivity contribution < 1.29 is 0 Å². The molecule has 0 amide bonds. The maximum atomic E-state index is 5.93. The average molecular weight is 406 g/mol. The quantitative estimate of drug-likeness (QED) is 0.535. The minimum absolute atomic E-state index is 0.238. The molecule has 1 aliphatic rings. The lowest BCUT2D eigenvalue weighted by Crippen LogP contribution is -2.42. The molecule has 0 spiro atoms. The van der Waals surface area contributed by atoms with Crippen molar-refractivity contribution in [3.63, 3.8) is 0 Å². The second kappa shape index (κ2) is 7.27. The standard InChI is InChI=1S/C21H23N7S/c1-21(13-22)5-8-28(9-6-21)17-12-24-18-19(25-17)26-27-20(18)29-16-3-2-15-11-23-7-4-14(15)10-16/h2-4,7,10-12H,5-6,8-9,13,22H2,1H3,(H,25,26,27). The predicted octanol–water partition coefficient (Wildman–Crippen LogP) is 3.62. The van der Waals surface area contributed by atoms with Gasteiger partial charge in [-0.05, 0) is 48.4 Å². The Morgan fingerprint density at radius 1 is 1.17 bits per heavy atom. The molecule has 0 saturated carbocycles. The minimum atomic E-state index is 0.238. The van der Waals surface area contributed by atoms with E-state index >= 15 is 0 Å². The van der Waals surface area contributed by atoms with Gasteiger partial charge in [-0.15, -0.1) is 0 Å². The second-order valence-corrected chi connectivity index (χ2v) is 9.00. The van der Waals surface area contributed by atoms with E-state index in [-0.39, 0.29) is 5.41 Å². The number of piperidine rings is 1. The first-order valence-corrected chi connectivity index (χ1v) is 10.6. The van der Waals surface area contributed by atoms with Crippen LogP contribution in [-0.4, -0.2) is 44.8 Å². The highest BCUT2D eigenvalue weighted by Gasteiger charge is 2.29. The van der Waals surface area contributed by atoms with E-state index < -0.39 is 0 Å². The highest BCUT2D eigenvalue weighted by atomic mass is 32.2. The maximum Gasteiger partial charge on any atom is 0.177 e. The Balaban J connectivity index is 1.38. The van der Waals surface area contributed by atoms with E-state index in [1.165, 1.54) is 0 Å². The van der Waals surface area contributed by atoms with Crippen LogP contribution in [0.25, 0.3) is 21.9 Å². The highest BCUT2D eigenvalue weighted by Crippen LogP contribution is 2.34. The zero-order valence-corrected chi connectivity index (χ0v) is 17.1. The molecule has 3 aromatic heterocycles. The van der Waals surface area contributed by atoms with Crippen LogP contribution in [0.1, 0.15) is 19.8 Å². The van der Waals surface area contributed by atoms with Crippen LogP contribution in [-0.2, 0) is 0 Å². The van der Waals surface area contributed by atoms with Crippen LogP contribution in [0.2, 0.25) is 0 Å². The van der Waals surface area contributed by atoms with Gasteiger partial charge in [-0.3, -0.25) is 10.1 Å². The number of nitrogens with one attached hydrogen (secondary N) is 1. The molecule has 1 fully saturated rings. The summed E-state index contributed by atoms with van der Waals surface area (Å²) in [5.74, 6) is 0.898. The number of hydrogen-bond donors (Lipinski definition) is 2. The molecule has 0 unspecified atom stereocenters. The zero-order chi connectivity index (χ0) is 19.8. The normalized spacial score (nSPS) is 16.6. The minimum Gasteiger partial charge on any atom is -0.355 e.